The molecule has 0 amide bonds. The lowest BCUT2D eigenvalue weighted by Crippen LogP contribution is -1.90. The Balaban J connectivity index is 1.10. The maximum Gasteiger partial charge on any atom is -0.00201 e. The van der Waals surface area contributed by atoms with Gasteiger partial charge in [-0.15, -0.1) is 0 Å². The van der Waals surface area contributed by atoms with Gasteiger partial charge in [0.2, 0.25) is 0 Å². The summed E-state index contributed by atoms with van der Waals surface area (Å²) < 4.78 is 0. The summed E-state index contributed by atoms with van der Waals surface area (Å²) in [5.74, 6) is 0. The molecule has 0 radical (unpaired) electrons. The van der Waals surface area contributed by atoms with Crippen molar-refractivity contribution in [3.8, 4) is 100 Å². The zero-order chi connectivity index (χ0) is 35.1. The van der Waals surface area contributed by atoms with Crippen LogP contribution in [0.5, 0.6) is 0 Å². The van der Waals surface area contributed by atoms with Gasteiger partial charge in [-0.05, 0) is 151 Å². The SMILES string of the molecule is c1ccc2c(c1)-c1cccc3c(-c4cc(-c5ccc6c7c(cccc57)-c5ccccc5-6)cc(-c5ccc6c7c(cccc57)-c5ccccc5-6)c4)ccc-2c13. The fraction of sp³-hybridized carbons (Fsp3) is 0. The van der Waals surface area contributed by atoms with Crippen LogP contribution in [-0.2, 0) is 0 Å². The van der Waals surface area contributed by atoms with Crippen molar-refractivity contribution in [1.29, 1.82) is 0 Å². The largest absolute Gasteiger partial charge is 0.0616 e. The van der Waals surface area contributed by atoms with Crippen LogP contribution in [0.4, 0.5) is 0 Å². The van der Waals surface area contributed by atoms with Crippen molar-refractivity contribution in [1.82, 2.24) is 0 Å². The molecule has 0 heterocycles. The van der Waals surface area contributed by atoms with Gasteiger partial charge in [0.15, 0.2) is 0 Å². The molecule has 0 N–H and O–H groups in total. The molecule has 0 heteroatoms. The van der Waals surface area contributed by atoms with Crippen LogP contribution in [0.2, 0.25) is 0 Å². The molecule has 0 fully saturated rings. The molecule has 10 aromatic carbocycles. The second-order valence-electron chi connectivity index (χ2n) is 15.1. The Bertz CT molecular complexity index is 2870. The van der Waals surface area contributed by atoms with E-state index in [2.05, 4.69) is 182 Å². The van der Waals surface area contributed by atoms with Gasteiger partial charge in [-0.3, -0.25) is 0 Å². The molecule has 13 rings (SSSR count). The third-order valence-corrected chi connectivity index (χ3v) is 12.5. The second kappa shape index (κ2) is 10.3. The topological polar surface area (TPSA) is 0 Å². The van der Waals surface area contributed by atoms with Gasteiger partial charge < -0.3 is 0 Å². The predicted octanol–water partition coefficient (Wildman–Crippen LogP) is 15.1. The summed E-state index contributed by atoms with van der Waals surface area (Å²) in [6.07, 6.45) is 0. The van der Waals surface area contributed by atoms with Crippen molar-refractivity contribution in [2.45, 2.75) is 0 Å². The van der Waals surface area contributed by atoms with Gasteiger partial charge in [0, 0.05) is 0 Å². The van der Waals surface area contributed by atoms with Gasteiger partial charge in [0.25, 0.3) is 0 Å². The van der Waals surface area contributed by atoms with Crippen LogP contribution in [0.1, 0.15) is 0 Å². The van der Waals surface area contributed by atoms with Crippen molar-refractivity contribution < 1.29 is 0 Å². The summed E-state index contributed by atoms with van der Waals surface area (Å²) in [4.78, 5) is 0. The number of benzene rings is 10. The molecule has 0 spiro atoms. The highest BCUT2D eigenvalue weighted by Gasteiger charge is 2.26. The second-order valence-corrected chi connectivity index (χ2v) is 15.1. The van der Waals surface area contributed by atoms with Crippen molar-refractivity contribution >= 4 is 32.3 Å². The van der Waals surface area contributed by atoms with E-state index < -0.39 is 0 Å². The van der Waals surface area contributed by atoms with Gasteiger partial charge in [0.05, 0.1) is 0 Å². The van der Waals surface area contributed by atoms with Crippen LogP contribution >= 0.6 is 0 Å². The lowest BCUT2D eigenvalue weighted by molar-refractivity contribution is 1.61. The smallest absolute Gasteiger partial charge is 0.00201 e. The molecule has 0 saturated heterocycles. The highest BCUT2D eigenvalue weighted by atomic mass is 14.3. The molecule has 246 valence electrons. The van der Waals surface area contributed by atoms with Crippen molar-refractivity contribution in [3.05, 3.63) is 182 Å². The van der Waals surface area contributed by atoms with E-state index in [0.717, 1.165) is 0 Å². The van der Waals surface area contributed by atoms with E-state index in [1.165, 1.54) is 132 Å². The number of fused-ring (bicyclic) bond motifs is 9. The molecule has 54 heavy (non-hydrogen) atoms. The molecule has 0 atom stereocenters. The summed E-state index contributed by atoms with van der Waals surface area (Å²) in [5.41, 5.74) is 23.4. The lowest BCUT2D eigenvalue weighted by Gasteiger charge is -2.17. The summed E-state index contributed by atoms with van der Waals surface area (Å²) in [5, 5.41) is 7.97. The zero-order valence-corrected chi connectivity index (χ0v) is 29.3. The fourth-order valence-corrected chi connectivity index (χ4v) is 10.3. The Labute approximate surface area is 313 Å². The Morgan fingerprint density at radius 2 is 0.389 bits per heavy atom. The molecule has 3 aliphatic carbocycles. The Hall–Kier alpha value is -7.02. The monoisotopic (exact) mass is 678 g/mol. The lowest BCUT2D eigenvalue weighted by atomic mass is 9.87. The minimum Gasteiger partial charge on any atom is -0.0616 e. The maximum absolute atomic E-state index is 2.44. The minimum atomic E-state index is 1.24. The summed E-state index contributed by atoms with van der Waals surface area (Å²) >= 11 is 0. The molecule has 0 bridgehead atoms. The Kier molecular flexibility index (Phi) is 5.45. The highest BCUT2D eigenvalue weighted by Crippen LogP contribution is 2.53. The van der Waals surface area contributed by atoms with Crippen LogP contribution in [0.25, 0.3) is 132 Å². The number of rotatable bonds is 3. The van der Waals surface area contributed by atoms with Crippen molar-refractivity contribution in [3.63, 3.8) is 0 Å². The van der Waals surface area contributed by atoms with Crippen molar-refractivity contribution in [2.24, 2.45) is 0 Å². The average Bonchev–Trinajstić information content (AvgIpc) is 3.87. The van der Waals surface area contributed by atoms with Gasteiger partial charge in [-0.2, -0.15) is 0 Å². The van der Waals surface area contributed by atoms with Crippen LogP contribution in [0, 0.1) is 0 Å². The molecule has 0 aromatic heterocycles. The summed E-state index contributed by atoms with van der Waals surface area (Å²) in [6.45, 7) is 0. The predicted molar refractivity (Wildman–Crippen MR) is 229 cm³/mol. The van der Waals surface area contributed by atoms with Gasteiger partial charge in [-0.25, -0.2) is 0 Å². The third kappa shape index (κ3) is 3.62. The molecule has 3 aliphatic rings. The average molecular weight is 679 g/mol. The zero-order valence-electron chi connectivity index (χ0n) is 29.3. The first kappa shape index (κ1) is 28.6. The van der Waals surface area contributed by atoms with Crippen molar-refractivity contribution in [2.75, 3.05) is 0 Å². The maximum atomic E-state index is 2.44. The molecular formula is C54H30. The first-order chi connectivity index (χ1) is 26.8. The summed E-state index contributed by atoms with van der Waals surface area (Å²) in [6, 6.07) is 68.6. The van der Waals surface area contributed by atoms with E-state index in [4.69, 9.17) is 0 Å². The molecule has 0 unspecified atom stereocenters. The molecule has 0 nitrogen and oxygen atoms in total. The van der Waals surface area contributed by atoms with Gasteiger partial charge >= 0.3 is 0 Å². The molecule has 10 aromatic rings. The van der Waals surface area contributed by atoms with Crippen LogP contribution in [-0.4, -0.2) is 0 Å². The first-order valence-electron chi connectivity index (χ1n) is 18.9. The minimum absolute atomic E-state index is 1.24. The quantitative estimate of drug-likeness (QED) is 0.174. The standard InChI is InChI=1S/C54H30/c1-4-13-40-37(10-1)46-19-7-16-43-34(22-25-49(40)52(43)46)31-28-32(35-23-26-50-41-14-5-2-11-38(41)47-20-8-17-44(35)53(47)50)30-33(29-31)36-24-27-51-42-15-6-3-12-39(42)48-21-9-18-45(36)54(48)51/h1-30H. The number of hydrogen-bond acceptors (Lipinski definition) is 0. The fourth-order valence-electron chi connectivity index (χ4n) is 10.3. The molecule has 0 aliphatic heterocycles. The van der Waals surface area contributed by atoms with E-state index in [9.17, 15) is 0 Å². The Morgan fingerprint density at radius 3 is 0.667 bits per heavy atom. The first-order valence-corrected chi connectivity index (χ1v) is 18.9. The molecular weight excluding hydrogens is 649 g/mol. The number of hydrogen-bond donors (Lipinski definition) is 0. The van der Waals surface area contributed by atoms with E-state index in [1.54, 1.807) is 0 Å². The van der Waals surface area contributed by atoms with Gasteiger partial charge in [-0.1, -0.05) is 164 Å². The van der Waals surface area contributed by atoms with Crippen LogP contribution in [0.15, 0.2) is 182 Å². The van der Waals surface area contributed by atoms with E-state index in [1.807, 2.05) is 0 Å². The van der Waals surface area contributed by atoms with Crippen LogP contribution in [0.3, 0.4) is 0 Å². The Morgan fingerprint density at radius 1 is 0.167 bits per heavy atom. The third-order valence-electron chi connectivity index (χ3n) is 12.5. The van der Waals surface area contributed by atoms with Gasteiger partial charge in [0.1, 0.15) is 0 Å². The van der Waals surface area contributed by atoms with E-state index in [-0.39, 0.29) is 0 Å². The van der Waals surface area contributed by atoms with E-state index in [0.29, 0.717) is 0 Å². The van der Waals surface area contributed by atoms with Crippen LogP contribution < -0.4 is 0 Å². The highest BCUT2D eigenvalue weighted by molar-refractivity contribution is 6.22. The molecule has 0 saturated carbocycles. The van der Waals surface area contributed by atoms with E-state index >= 15 is 0 Å². The normalized spacial score (nSPS) is 12.4. The summed E-state index contributed by atoms with van der Waals surface area (Å²) in [7, 11) is 0.